The Morgan fingerprint density at radius 1 is 0.571 bits per heavy atom. The first-order valence-electron chi connectivity index (χ1n) is 11.5. The molecular formula is C31H20BrNS2. The van der Waals surface area contributed by atoms with Gasteiger partial charge in [0.15, 0.2) is 0 Å². The molecule has 0 amide bonds. The standard InChI is InChI=1S/C31H20BrNS2/c1-19-10-12-21(13-11-19)33(22-14-15-30-25(18-22)23-6-2-4-8-28(23)34-30)27-17-20(32)16-26-24-7-3-5-9-29(24)35-31(26)27/h2-18H,1H3. The summed E-state index contributed by atoms with van der Waals surface area (Å²) >= 11 is 7.55. The summed E-state index contributed by atoms with van der Waals surface area (Å²) < 4.78 is 6.34. The average Bonchev–Trinajstić information content (AvgIpc) is 3.44. The lowest BCUT2D eigenvalue weighted by Crippen LogP contribution is -2.10. The highest BCUT2D eigenvalue weighted by Gasteiger charge is 2.20. The first-order valence-corrected chi connectivity index (χ1v) is 14.0. The van der Waals surface area contributed by atoms with Gasteiger partial charge in [-0.2, -0.15) is 0 Å². The second kappa shape index (κ2) is 8.20. The monoisotopic (exact) mass is 549 g/mol. The maximum absolute atomic E-state index is 3.82. The number of aryl methyl sites for hydroxylation is 1. The van der Waals surface area contributed by atoms with E-state index < -0.39 is 0 Å². The van der Waals surface area contributed by atoms with Crippen LogP contribution in [0.5, 0.6) is 0 Å². The molecule has 0 aliphatic rings. The highest BCUT2D eigenvalue weighted by Crippen LogP contribution is 2.47. The van der Waals surface area contributed by atoms with E-state index in [1.165, 1.54) is 57.3 Å². The molecule has 7 aromatic rings. The van der Waals surface area contributed by atoms with Crippen LogP contribution in [0.4, 0.5) is 17.1 Å². The van der Waals surface area contributed by atoms with Crippen molar-refractivity contribution in [2.75, 3.05) is 4.90 Å². The molecule has 0 saturated carbocycles. The second-order valence-corrected chi connectivity index (χ2v) is 11.9. The topological polar surface area (TPSA) is 3.24 Å². The third-order valence-corrected chi connectivity index (χ3v) is 9.39. The zero-order chi connectivity index (χ0) is 23.5. The van der Waals surface area contributed by atoms with Gasteiger partial charge in [0, 0.05) is 51.5 Å². The van der Waals surface area contributed by atoms with E-state index in [0.717, 1.165) is 10.2 Å². The molecule has 2 heterocycles. The third kappa shape index (κ3) is 3.48. The minimum Gasteiger partial charge on any atom is -0.309 e. The van der Waals surface area contributed by atoms with Crippen molar-refractivity contribution in [2.45, 2.75) is 6.92 Å². The summed E-state index contributed by atoms with van der Waals surface area (Å²) in [6.45, 7) is 2.14. The van der Waals surface area contributed by atoms with Gasteiger partial charge in [-0.3, -0.25) is 0 Å². The summed E-state index contributed by atoms with van der Waals surface area (Å²) in [5.74, 6) is 0. The molecule has 0 unspecified atom stereocenters. The van der Waals surface area contributed by atoms with E-state index in [1.54, 1.807) is 0 Å². The molecule has 168 valence electrons. The van der Waals surface area contributed by atoms with E-state index in [4.69, 9.17) is 0 Å². The minimum absolute atomic E-state index is 1.09. The number of hydrogen-bond acceptors (Lipinski definition) is 3. The number of thiophene rings is 2. The van der Waals surface area contributed by atoms with Crippen LogP contribution in [-0.4, -0.2) is 0 Å². The quantitative estimate of drug-likeness (QED) is 0.212. The van der Waals surface area contributed by atoms with Gasteiger partial charge in [0.2, 0.25) is 0 Å². The van der Waals surface area contributed by atoms with Crippen LogP contribution in [0, 0.1) is 6.92 Å². The van der Waals surface area contributed by atoms with E-state index >= 15 is 0 Å². The molecule has 0 aliphatic heterocycles. The Morgan fingerprint density at radius 3 is 1.97 bits per heavy atom. The number of nitrogens with zero attached hydrogens (tertiary/aromatic N) is 1. The molecule has 5 aromatic carbocycles. The van der Waals surface area contributed by atoms with E-state index in [2.05, 4.69) is 131 Å². The van der Waals surface area contributed by atoms with Gasteiger partial charge < -0.3 is 4.90 Å². The van der Waals surface area contributed by atoms with Gasteiger partial charge in [-0.15, -0.1) is 22.7 Å². The highest BCUT2D eigenvalue weighted by atomic mass is 79.9. The Kier molecular flexibility index (Phi) is 4.95. The molecule has 0 fully saturated rings. The molecular weight excluding hydrogens is 530 g/mol. The fourth-order valence-corrected chi connectivity index (χ4v) is 7.64. The summed E-state index contributed by atoms with van der Waals surface area (Å²) in [5.41, 5.74) is 4.78. The maximum atomic E-state index is 3.82. The summed E-state index contributed by atoms with van der Waals surface area (Å²) in [6.07, 6.45) is 0. The second-order valence-electron chi connectivity index (χ2n) is 8.85. The molecule has 35 heavy (non-hydrogen) atoms. The molecule has 0 bridgehead atoms. The molecule has 0 radical (unpaired) electrons. The number of fused-ring (bicyclic) bond motifs is 6. The first-order chi connectivity index (χ1) is 17.2. The Labute approximate surface area is 220 Å². The van der Waals surface area contributed by atoms with Crippen LogP contribution in [-0.2, 0) is 0 Å². The van der Waals surface area contributed by atoms with Gasteiger partial charge in [-0.05, 0) is 61.5 Å². The Balaban J connectivity index is 1.55. The molecule has 0 N–H and O–H groups in total. The lowest BCUT2D eigenvalue weighted by molar-refractivity contribution is 1.30. The van der Waals surface area contributed by atoms with Crippen molar-refractivity contribution < 1.29 is 0 Å². The molecule has 1 nitrogen and oxygen atoms in total. The Morgan fingerprint density at radius 2 is 1.20 bits per heavy atom. The van der Waals surface area contributed by atoms with Crippen molar-refractivity contribution in [1.82, 2.24) is 0 Å². The lowest BCUT2D eigenvalue weighted by Gasteiger charge is -2.26. The molecule has 0 spiro atoms. The van der Waals surface area contributed by atoms with E-state index in [-0.39, 0.29) is 0 Å². The number of benzene rings is 5. The molecule has 2 aromatic heterocycles. The third-order valence-electron chi connectivity index (χ3n) is 6.57. The number of anilines is 3. The number of halogens is 1. The zero-order valence-corrected chi connectivity index (χ0v) is 22.2. The first kappa shape index (κ1) is 21.1. The van der Waals surface area contributed by atoms with Crippen LogP contribution in [0.25, 0.3) is 40.3 Å². The summed E-state index contributed by atoms with van der Waals surface area (Å²) in [7, 11) is 0. The number of hydrogen-bond donors (Lipinski definition) is 0. The minimum atomic E-state index is 1.09. The average molecular weight is 551 g/mol. The largest absolute Gasteiger partial charge is 0.309 e. The van der Waals surface area contributed by atoms with Crippen molar-refractivity contribution >= 4 is 96.0 Å². The predicted octanol–water partition coefficient (Wildman–Crippen LogP) is 11.0. The van der Waals surface area contributed by atoms with Crippen LogP contribution < -0.4 is 4.90 Å². The molecule has 0 aliphatic carbocycles. The molecule has 4 heteroatoms. The van der Waals surface area contributed by atoms with Crippen molar-refractivity contribution in [3.63, 3.8) is 0 Å². The van der Waals surface area contributed by atoms with Crippen LogP contribution in [0.15, 0.2) is 108 Å². The van der Waals surface area contributed by atoms with Crippen LogP contribution in [0.3, 0.4) is 0 Å². The molecule has 0 saturated heterocycles. The fraction of sp³-hybridized carbons (Fsp3) is 0.0323. The van der Waals surface area contributed by atoms with Gasteiger partial charge in [-0.25, -0.2) is 0 Å². The fourth-order valence-electron chi connectivity index (χ4n) is 4.91. The van der Waals surface area contributed by atoms with Crippen LogP contribution >= 0.6 is 38.6 Å². The van der Waals surface area contributed by atoms with Gasteiger partial charge in [0.1, 0.15) is 0 Å². The van der Waals surface area contributed by atoms with Crippen molar-refractivity contribution in [2.24, 2.45) is 0 Å². The smallest absolute Gasteiger partial charge is 0.0651 e. The lowest BCUT2D eigenvalue weighted by atomic mass is 10.1. The predicted molar refractivity (Wildman–Crippen MR) is 159 cm³/mol. The Hall–Kier alpha value is -3.18. The van der Waals surface area contributed by atoms with Gasteiger partial charge in [-0.1, -0.05) is 70.0 Å². The van der Waals surface area contributed by atoms with E-state index in [0.29, 0.717) is 0 Å². The van der Waals surface area contributed by atoms with Crippen molar-refractivity contribution in [1.29, 1.82) is 0 Å². The Bertz CT molecular complexity index is 1880. The van der Waals surface area contributed by atoms with Gasteiger partial charge >= 0.3 is 0 Å². The SMILES string of the molecule is Cc1ccc(N(c2ccc3sc4ccccc4c3c2)c2cc(Br)cc3c2sc2ccccc23)cc1. The molecule has 7 rings (SSSR count). The van der Waals surface area contributed by atoms with Crippen molar-refractivity contribution in [3.8, 4) is 0 Å². The van der Waals surface area contributed by atoms with Gasteiger partial charge in [0.05, 0.1) is 10.4 Å². The van der Waals surface area contributed by atoms with Crippen LogP contribution in [0.2, 0.25) is 0 Å². The van der Waals surface area contributed by atoms with E-state index in [1.807, 2.05) is 22.7 Å². The maximum Gasteiger partial charge on any atom is 0.0651 e. The van der Waals surface area contributed by atoms with Crippen LogP contribution in [0.1, 0.15) is 5.56 Å². The molecule has 0 atom stereocenters. The van der Waals surface area contributed by atoms with Gasteiger partial charge in [0.25, 0.3) is 0 Å². The summed E-state index contributed by atoms with van der Waals surface area (Å²) in [4.78, 5) is 2.41. The highest BCUT2D eigenvalue weighted by molar-refractivity contribution is 9.10. The summed E-state index contributed by atoms with van der Waals surface area (Å²) in [6, 6.07) is 37.6. The van der Waals surface area contributed by atoms with Crippen molar-refractivity contribution in [3.05, 3.63) is 113 Å². The normalized spacial score (nSPS) is 11.7. The number of rotatable bonds is 3. The summed E-state index contributed by atoms with van der Waals surface area (Å²) in [5, 5.41) is 5.22. The van der Waals surface area contributed by atoms with E-state index in [9.17, 15) is 0 Å². The zero-order valence-electron chi connectivity index (χ0n) is 19.0.